The summed E-state index contributed by atoms with van der Waals surface area (Å²) in [5.41, 5.74) is 12.9. The van der Waals surface area contributed by atoms with Gasteiger partial charge in [-0.15, -0.1) is 0 Å². The summed E-state index contributed by atoms with van der Waals surface area (Å²) in [5, 5.41) is 6.59. The Morgan fingerprint density at radius 2 is 0.750 bits per heavy atom. The Bertz CT molecular complexity index is 3610. The fourth-order valence-corrected chi connectivity index (χ4v) is 8.50. The Balaban J connectivity index is 0.934. The van der Waals surface area contributed by atoms with Crippen LogP contribution < -0.4 is 0 Å². The second-order valence-corrected chi connectivity index (χ2v) is 15.2. The molecule has 0 unspecified atom stereocenters. The molecule has 0 saturated heterocycles. The van der Waals surface area contributed by atoms with E-state index in [1.165, 1.54) is 0 Å². The van der Waals surface area contributed by atoms with Gasteiger partial charge in [0.2, 0.25) is 0 Å². The highest BCUT2D eigenvalue weighted by molar-refractivity contribution is 6.09. The van der Waals surface area contributed by atoms with E-state index in [0.717, 1.165) is 105 Å². The van der Waals surface area contributed by atoms with Gasteiger partial charge in [0.05, 0.1) is 0 Å². The number of hydrogen-bond acceptors (Lipinski definition) is 5. The van der Waals surface area contributed by atoms with Crippen molar-refractivity contribution in [1.29, 1.82) is 0 Å². The van der Waals surface area contributed by atoms with Crippen molar-refractivity contribution in [2.75, 3.05) is 0 Å². The molecule has 12 rings (SSSR count). The first-order valence-electron chi connectivity index (χ1n) is 20.1. The molecule has 3 heterocycles. The Kier molecular flexibility index (Phi) is 7.78. The van der Waals surface area contributed by atoms with Crippen molar-refractivity contribution in [2.45, 2.75) is 0 Å². The van der Waals surface area contributed by atoms with Crippen molar-refractivity contribution in [3.8, 4) is 67.5 Å². The third kappa shape index (κ3) is 5.83. The Labute approximate surface area is 344 Å². The summed E-state index contributed by atoms with van der Waals surface area (Å²) in [6.07, 6.45) is 0. The van der Waals surface area contributed by atoms with E-state index in [0.29, 0.717) is 17.5 Å². The van der Waals surface area contributed by atoms with Crippen LogP contribution in [-0.2, 0) is 0 Å². The predicted octanol–water partition coefficient (Wildman–Crippen LogP) is 14.8. The molecule has 0 aliphatic rings. The van der Waals surface area contributed by atoms with Crippen molar-refractivity contribution in [2.24, 2.45) is 0 Å². The Morgan fingerprint density at radius 3 is 1.53 bits per heavy atom. The summed E-state index contributed by atoms with van der Waals surface area (Å²) in [7, 11) is 0. The van der Waals surface area contributed by atoms with E-state index in [4.69, 9.17) is 23.8 Å². The van der Waals surface area contributed by atoms with Gasteiger partial charge in [0, 0.05) is 38.2 Å². The van der Waals surface area contributed by atoms with Gasteiger partial charge in [0.25, 0.3) is 0 Å². The first-order chi connectivity index (χ1) is 29.7. The number of hydrogen-bond donors (Lipinski definition) is 0. The lowest BCUT2D eigenvalue weighted by atomic mass is 9.97. The van der Waals surface area contributed by atoms with Crippen LogP contribution in [0.4, 0.5) is 0 Å². The molecular weight excluding hydrogens is 735 g/mol. The molecule has 0 spiro atoms. The molecule has 0 bridgehead atoms. The molecule has 0 aliphatic heterocycles. The molecule has 0 aliphatic carbocycles. The monoisotopic (exact) mass is 767 g/mol. The maximum Gasteiger partial charge on any atom is 0.164 e. The number of para-hydroxylation sites is 1. The Hall–Kier alpha value is -8.15. The molecule has 0 fully saturated rings. The van der Waals surface area contributed by atoms with Gasteiger partial charge in [-0.25, -0.2) is 15.0 Å². The zero-order chi connectivity index (χ0) is 39.6. The molecule has 0 saturated carbocycles. The summed E-state index contributed by atoms with van der Waals surface area (Å²) in [6.45, 7) is 0. The van der Waals surface area contributed by atoms with Gasteiger partial charge in [-0.2, -0.15) is 0 Å². The Morgan fingerprint density at radius 1 is 0.250 bits per heavy atom. The molecule has 12 aromatic rings. The minimum atomic E-state index is 0.607. The fourth-order valence-electron chi connectivity index (χ4n) is 8.50. The third-order valence-electron chi connectivity index (χ3n) is 11.5. The normalized spacial score (nSPS) is 11.7. The quantitative estimate of drug-likeness (QED) is 0.169. The summed E-state index contributed by atoms with van der Waals surface area (Å²) >= 11 is 0. The van der Waals surface area contributed by atoms with E-state index in [9.17, 15) is 0 Å². The molecule has 0 atom stereocenters. The van der Waals surface area contributed by atoms with Crippen molar-refractivity contribution in [3.05, 3.63) is 200 Å². The molecule has 280 valence electrons. The summed E-state index contributed by atoms with van der Waals surface area (Å²) in [5.74, 6) is 1.86. The minimum Gasteiger partial charge on any atom is -0.456 e. The van der Waals surface area contributed by atoms with E-state index in [-0.39, 0.29) is 0 Å². The zero-order valence-electron chi connectivity index (χ0n) is 32.2. The number of nitrogens with zero attached hydrogens (tertiary/aromatic N) is 3. The van der Waals surface area contributed by atoms with Crippen LogP contribution in [0.5, 0.6) is 0 Å². The first kappa shape index (κ1) is 33.9. The standard InChI is InChI=1S/C55H33N3O2/c1-3-11-34(12-4-1)38-22-21-35-15-10-19-45(46(35)30-38)55-57-53(36-13-5-2-6-14-36)56-54(58-55)42-17-9-16-37(29-42)41-23-26-44-48-32-40(25-28-51(48)60-52(44)33-41)39-24-27-50-47(31-39)43-18-7-8-20-49(43)59-50/h1-33H. The number of furan rings is 2. The second-order valence-electron chi connectivity index (χ2n) is 15.2. The molecule has 0 radical (unpaired) electrons. The highest BCUT2D eigenvalue weighted by Gasteiger charge is 2.17. The van der Waals surface area contributed by atoms with E-state index in [1.54, 1.807) is 0 Å². The molecule has 60 heavy (non-hydrogen) atoms. The smallest absolute Gasteiger partial charge is 0.164 e. The van der Waals surface area contributed by atoms with Crippen LogP contribution in [-0.4, -0.2) is 15.0 Å². The van der Waals surface area contributed by atoms with Gasteiger partial charge in [-0.1, -0.05) is 146 Å². The van der Waals surface area contributed by atoms with Gasteiger partial charge in [-0.05, 0) is 98.8 Å². The number of fused-ring (bicyclic) bond motifs is 7. The minimum absolute atomic E-state index is 0.607. The zero-order valence-corrected chi connectivity index (χ0v) is 32.2. The summed E-state index contributed by atoms with van der Waals surface area (Å²) in [4.78, 5) is 15.4. The number of benzene rings is 9. The van der Waals surface area contributed by atoms with Crippen LogP contribution in [0.1, 0.15) is 0 Å². The van der Waals surface area contributed by atoms with E-state index in [1.807, 2.05) is 48.5 Å². The average Bonchev–Trinajstić information content (AvgIpc) is 3.89. The third-order valence-corrected chi connectivity index (χ3v) is 11.5. The van der Waals surface area contributed by atoms with Crippen LogP contribution in [0.15, 0.2) is 209 Å². The van der Waals surface area contributed by atoms with E-state index >= 15 is 0 Å². The lowest BCUT2D eigenvalue weighted by Gasteiger charge is -2.12. The molecule has 5 heteroatoms. The van der Waals surface area contributed by atoms with Crippen molar-refractivity contribution >= 4 is 54.6 Å². The first-order valence-corrected chi connectivity index (χ1v) is 20.1. The fraction of sp³-hybridized carbons (Fsp3) is 0. The number of aromatic nitrogens is 3. The van der Waals surface area contributed by atoms with Crippen LogP contribution in [0.25, 0.3) is 122 Å². The molecule has 3 aromatic heterocycles. The lowest BCUT2D eigenvalue weighted by Crippen LogP contribution is -2.00. The van der Waals surface area contributed by atoms with E-state index in [2.05, 4.69) is 152 Å². The summed E-state index contributed by atoms with van der Waals surface area (Å²) < 4.78 is 12.6. The molecule has 0 N–H and O–H groups in total. The maximum atomic E-state index is 6.49. The van der Waals surface area contributed by atoms with Gasteiger partial charge in [0.1, 0.15) is 22.3 Å². The van der Waals surface area contributed by atoms with E-state index < -0.39 is 0 Å². The van der Waals surface area contributed by atoms with Crippen LogP contribution in [0.3, 0.4) is 0 Å². The van der Waals surface area contributed by atoms with Crippen LogP contribution >= 0.6 is 0 Å². The summed E-state index contributed by atoms with van der Waals surface area (Å²) in [6, 6.07) is 69.4. The predicted molar refractivity (Wildman–Crippen MR) is 245 cm³/mol. The lowest BCUT2D eigenvalue weighted by molar-refractivity contribution is 0.668. The van der Waals surface area contributed by atoms with Crippen molar-refractivity contribution < 1.29 is 8.83 Å². The molecule has 9 aromatic carbocycles. The second kappa shape index (κ2) is 13.8. The van der Waals surface area contributed by atoms with Crippen molar-refractivity contribution in [3.63, 3.8) is 0 Å². The van der Waals surface area contributed by atoms with Crippen LogP contribution in [0.2, 0.25) is 0 Å². The van der Waals surface area contributed by atoms with Crippen molar-refractivity contribution in [1.82, 2.24) is 15.0 Å². The van der Waals surface area contributed by atoms with Gasteiger partial charge >= 0.3 is 0 Å². The molecule has 0 amide bonds. The van der Waals surface area contributed by atoms with Gasteiger partial charge in [0.15, 0.2) is 17.5 Å². The van der Waals surface area contributed by atoms with Gasteiger partial charge < -0.3 is 8.83 Å². The highest BCUT2D eigenvalue weighted by atomic mass is 16.3. The average molecular weight is 768 g/mol. The SMILES string of the molecule is c1ccc(-c2ccc3cccc(-c4nc(-c5ccccc5)nc(-c5cccc(-c6ccc7c(c6)oc6ccc(-c8ccc9oc%10ccccc%10c9c8)cc67)c5)n4)c3c2)cc1. The topological polar surface area (TPSA) is 65.0 Å². The molecular formula is C55H33N3O2. The van der Waals surface area contributed by atoms with Gasteiger partial charge in [-0.3, -0.25) is 0 Å². The highest BCUT2D eigenvalue weighted by Crippen LogP contribution is 2.38. The maximum absolute atomic E-state index is 6.49. The van der Waals surface area contributed by atoms with Crippen LogP contribution in [0, 0.1) is 0 Å². The molecule has 5 nitrogen and oxygen atoms in total. The number of rotatable bonds is 6. The largest absolute Gasteiger partial charge is 0.456 e.